The van der Waals surface area contributed by atoms with Gasteiger partial charge in [0, 0.05) is 18.5 Å². The SMILES string of the molecule is CC(C)CC(C)(CN)NC(=O)C(C)NC(=O)CC1CCCCC1. The highest BCUT2D eigenvalue weighted by Crippen LogP contribution is 2.26. The minimum absolute atomic E-state index is 0.0159. The van der Waals surface area contributed by atoms with Crippen molar-refractivity contribution in [2.45, 2.75) is 84.2 Å². The molecule has 2 atom stereocenters. The van der Waals surface area contributed by atoms with Gasteiger partial charge in [-0.25, -0.2) is 0 Å². The molecule has 134 valence electrons. The van der Waals surface area contributed by atoms with Crippen LogP contribution in [0.3, 0.4) is 0 Å². The van der Waals surface area contributed by atoms with E-state index < -0.39 is 11.6 Å². The van der Waals surface area contributed by atoms with Crippen LogP contribution in [0, 0.1) is 11.8 Å². The van der Waals surface area contributed by atoms with Gasteiger partial charge in [0.25, 0.3) is 0 Å². The second-order valence-electron chi connectivity index (χ2n) is 7.85. The highest BCUT2D eigenvalue weighted by atomic mass is 16.2. The van der Waals surface area contributed by atoms with Crippen LogP contribution in [0.5, 0.6) is 0 Å². The zero-order chi connectivity index (χ0) is 17.5. The molecule has 4 N–H and O–H groups in total. The van der Waals surface area contributed by atoms with Crippen molar-refractivity contribution in [2.24, 2.45) is 17.6 Å². The molecular formula is C18H35N3O2. The Hall–Kier alpha value is -1.10. The van der Waals surface area contributed by atoms with Crippen molar-refractivity contribution in [3.05, 3.63) is 0 Å². The molecule has 5 nitrogen and oxygen atoms in total. The quantitative estimate of drug-likeness (QED) is 0.640. The fraction of sp³-hybridized carbons (Fsp3) is 0.889. The summed E-state index contributed by atoms with van der Waals surface area (Å²) in [6.45, 7) is 8.30. The molecule has 1 aliphatic rings. The van der Waals surface area contributed by atoms with E-state index in [2.05, 4.69) is 24.5 Å². The van der Waals surface area contributed by atoms with Crippen molar-refractivity contribution in [1.82, 2.24) is 10.6 Å². The van der Waals surface area contributed by atoms with E-state index in [1.165, 1.54) is 19.3 Å². The molecule has 0 aromatic heterocycles. The van der Waals surface area contributed by atoms with E-state index in [4.69, 9.17) is 5.73 Å². The van der Waals surface area contributed by atoms with Gasteiger partial charge in [0.1, 0.15) is 6.04 Å². The van der Waals surface area contributed by atoms with Crippen molar-refractivity contribution in [3.63, 3.8) is 0 Å². The van der Waals surface area contributed by atoms with E-state index in [9.17, 15) is 9.59 Å². The average molecular weight is 325 g/mol. The Morgan fingerprint density at radius 1 is 1.17 bits per heavy atom. The third kappa shape index (κ3) is 7.34. The van der Waals surface area contributed by atoms with Gasteiger partial charge in [0.05, 0.1) is 0 Å². The van der Waals surface area contributed by atoms with Crippen LogP contribution in [0.25, 0.3) is 0 Å². The summed E-state index contributed by atoms with van der Waals surface area (Å²) >= 11 is 0. The van der Waals surface area contributed by atoms with Crippen LogP contribution in [0.1, 0.15) is 72.6 Å². The Labute approximate surface area is 141 Å². The van der Waals surface area contributed by atoms with Gasteiger partial charge in [-0.05, 0) is 44.9 Å². The first-order chi connectivity index (χ1) is 10.8. The molecule has 0 spiro atoms. The fourth-order valence-electron chi connectivity index (χ4n) is 3.51. The van der Waals surface area contributed by atoms with E-state index in [1.807, 2.05) is 6.92 Å². The van der Waals surface area contributed by atoms with Crippen molar-refractivity contribution in [3.8, 4) is 0 Å². The Balaban J connectivity index is 2.44. The third-order valence-electron chi connectivity index (χ3n) is 4.70. The predicted octanol–water partition coefficient (Wildman–Crippen LogP) is 2.34. The molecule has 2 amide bonds. The molecular weight excluding hydrogens is 290 g/mol. The van der Waals surface area contributed by atoms with E-state index in [0.29, 0.717) is 24.8 Å². The molecule has 23 heavy (non-hydrogen) atoms. The topological polar surface area (TPSA) is 84.2 Å². The lowest BCUT2D eigenvalue weighted by atomic mass is 9.87. The number of nitrogens with two attached hydrogens (primary N) is 1. The maximum atomic E-state index is 12.3. The van der Waals surface area contributed by atoms with Crippen molar-refractivity contribution >= 4 is 11.8 Å². The van der Waals surface area contributed by atoms with Gasteiger partial charge in [0.2, 0.25) is 11.8 Å². The van der Waals surface area contributed by atoms with Crippen LogP contribution in [0.2, 0.25) is 0 Å². The lowest BCUT2D eigenvalue weighted by molar-refractivity contribution is -0.130. The highest BCUT2D eigenvalue weighted by molar-refractivity contribution is 5.87. The summed E-state index contributed by atoms with van der Waals surface area (Å²) in [7, 11) is 0. The maximum absolute atomic E-state index is 12.3. The highest BCUT2D eigenvalue weighted by Gasteiger charge is 2.28. The van der Waals surface area contributed by atoms with Gasteiger partial charge in [-0.2, -0.15) is 0 Å². The van der Waals surface area contributed by atoms with E-state index in [-0.39, 0.29) is 11.8 Å². The number of amides is 2. The minimum Gasteiger partial charge on any atom is -0.348 e. The molecule has 0 heterocycles. The molecule has 1 aliphatic carbocycles. The zero-order valence-corrected chi connectivity index (χ0v) is 15.3. The van der Waals surface area contributed by atoms with Gasteiger partial charge in [-0.1, -0.05) is 33.1 Å². The van der Waals surface area contributed by atoms with Crippen LogP contribution in [-0.4, -0.2) is 29.9 Å². The summed E-state index contributed by atoms with van der Waals surface area (Å²) in [5.74, 6) is 0.753. The third-order valence-corrected chi connectivity index (χ3v) is 4.70. The second-order valence-corrected chi connectivity index (χ2v) is 7.85. The number of hydrogen-bond acceptors (Lipinski definition) is 3. The lowest BCUT2D eigenvalue weighted by Crippen LogP contribution is -2.57. The van der Waals surface area contributed by atoms with E-state index in [0.717, 1.165) is 19.3 Å². The van der Waals surface area contributed by atoms with Crippen LogP contribution in [0.15, 0.2) is 0 Å². The molecule has 0 aliphatic heterocycles. The van der Waals surface area contributed by atoms with Crippen molar-refractivity contribution in [1.29, 1.82) is 0 Å². The number of hydrogen-bond donors (Lipinski definition) is 3. The summed E-state index contributed by atoms with van der Waals surface area (Å²) in [6.07, 6.45) is 7.34. The Morgan fingerprint density at radius 3 is 2.30 bits per heavy atom. The van der Waals surface area contributed by atoms with Crippen molar-refractivity contribution < 1.29 is 9.59 Å². The fourth-order valence-corrected chi connectivity index (χ4v) is 3.51. The number of rotatable bonds is 8. The summed E-state index contributed by atoms with van der Waals surface area (Å²) in [5.41, 5.74) is 5.40. The molecule has 1 rings (SSSR count). The molecule has 1 saturated carbocycles. The minimum atomic E-state index is -0.524. The molecule has 0 bridgehead atoms. The second kappa shape index (κ2) is 9.26. The van der Waals surface area contributed by atoms with Crippen LogP contribution < -0.4 is 16.4 Å². The molecule has 0 saturated heterocycles. The normalized spacial score (nSPS) is 19.9. The van der Waals surface area contributed by atoms with Crippen molar-refractivity contribution in [2.75, 3.05) is 6.54 Å². The summed E-state index contributed by atoms with van der Waals surface area (Å²) < 4.78 is 0. The first kappa shape index (κ1) is 19.9. The summed E-state index contributed by atoms with van der Waals surface area (Å²) in [4.78, 5) is 24.5. The Bertz CT molecular complexity index is 392. The monoisotopic (exact) mass is 325 g/mol. The molecule has 2 unspecified atom stereocenters. The van der Waals surface area contributed by atoms with Crippen LogP contribution >= 0.6 is 0 Å². The van der Waals surface area contributed by atoms with Crippen LogP contribution in [0.4, 0.5) is 0 Å². The molecule has 1 fully saturated rings. The Morgan fingerprint density at radius 2 is 1.78 bits per heavy atom. The standard InChI is InChI=1S/C18H35N3O2/c1-13(2)11-18(4,12-19)21-17(23)14(3)20-16(22)10-15-8-6-5-7-9-15/h13-15H,5-12,19H2,1-4H3,(H,20,22)(H,21,23). The number of carbonyl (C=O) groups is 2. The van der Waals surface area contributed by atoms with Gasteiger partial charge in [0.15, 0.2) is 0 Å². The zero-order valence-electron chi connectivity index (χ0n) is 15.3. The van der Waals surface area contributed by atoms with Gasteiger partial charge >= 0.3 is 0 Å². The van der Waals surface area contributed by atoms with Gasteiger partial charge in [-0.3, -0.25) is 9.59 Å². The molecule has 0 aromatic carbocycles. The summed E-state index contributed by atoms with van der Waals surface area (Å²) in [6, 6.07) is -0.524. The lowest BCUT2D eigenvalue weighted by Gasteiger charge is -2.32. The predicted molar refractivity (Wildman–Crippen MR) is 93.9 cm³/mol. The van der Waals surface area contributed by atoms with Crippen LogP contribution in [-0.2, 0) is 9.59 Å². The summed E-state index contributed by atoms with van der Waals surface area (Å²) in [5, 5.41) is 5.84. The first-order valence-electron chi connectivity index (χ1n) is 9.07. The van der Waals surface area contributed by atoms with E-state index in [1.54, 1.807) is 6.92 Å². The van der Waals surface area contributed by atoms with Gasteiger partial charge in [-0.15, -0.1) is 0 Å². The average Bonchev–Trinajstić information content (AvgIpc) is 2.47. The molecule has 0 radical (unpaired) electrons. The largest absolute Gasteiger partial charge is 0.348 e. The Kier molecular flexibility index (Phi) is 8.03. The smallest absolute Gasteiger partial charge is 0.242 e. The van der Waals surface area contributed by atoms with E-state index >= 15 is 0 Å². The molecule has 0 aromatic rings. The van der Waals surface area contributed by atoms with Gasteiger partial charge < -0.3 is 16.4 Å². The maximum Gasteiger partial charge on any atom is 0.242 e. The molecule has 5 heteroatoms. The number of carbonyl (C=O) groups excluding carboxylic acids is 2. The number of nitrogens with one attached hydrogen (secondary N) is 2. The first-order valence-corrected chi connectivity index (χ1v) is 9.07.